The molecular weight excluding hydrogens is 319 g/mol. The van der Waals surface area contributed by atoms with Crippen molar-refractivity contribution in [3.63, 3.8) is 0 Å². The summed E-state index contributed by atoms with van der Waals surface area (Å²) in [6.45, 7) is 5.96. The minimum Gasteiger partial charge on any atom is -0.394 e. The van der Waals surface area contributed by atoms with E-state index in [1.165, 1.54) is 12.1 Å². The van der Waals surface area contributed by atoms with Crippen LogP contribution in [-0.2, 0) is 0 Å². The summed E-state index contributed by atoms with van der Waals surface area (Å²) in [4.78, 5) is 9.14. The molecule has 0 bridgehead atoms. The Labute approximate surface area is 147 Å². The molecule has 0 aliphatic heterocycles. The molecule has 1 saturated carbocycles. The minimum absolute atomic E-state index is 0.0223. The van der Waals surface area contributed by atoms with Crippen molar-refractivity contribution < 1.29 is 9.50 Å². The Morgan fingerprint density at radius 1 is 1.24 bits per heavy atom. The van der Waals surface area contributed by atoms with Gasteiger partial charge < -0.3 is 15.7 Å². The van der Waals surface area contributed by atoms with E-state index < -0.39 is 0 Å². The number of halogens is 1. The minimum atomic E-state index is -0.255. The summed E-state index contributed by atoms with van der Waals surface area (Å²) in [5.41, 5.74) is 2.63. The fourth-order valence-electron chi connectivity index (χ4n) is 2.68. The van der Waals surface area contributed by atoms with Gasteiger partial charge in [0.15, 0.2) is 0 Å². The molecule has 0 radical (unpaired) electrons. The lowest BCUT2D eigenvalue weighted by Gasteiger charge is -2.21. The molecule has 6 heteroatoms. The van der Waals surface area contributed by atoms with E-state index in [0.717, 1.165) is 29.8 Å². The number of anilines is 3. The molecule has 134 valence electrons. The van der Waals surface area contributed by atoms with Crippen LogP contribution >= 0.6 is 0 Å². The van der Waals surface area contributed by atoms with Crippen LogP contribution in [0.4, 0.5) is 21.8 Å². The van der Waals surface area contributed by atoms with Crippen molar-refractivity contribution in [2.45, 2.75) is 45.6 Å². The molecule has 1 aromatic heterocycles. The smallest absolute Gasteiger partial charge is 0.225 e. The number of benzene rings is 1. The van der Waals surface area contributed by atoms with E-state index in [0.29, 0.717) is 17.7 Å². The van der Waals surface area contributed by atoms with Gasteiger partial charge >= 0.3 is 0 Å². The number of aromatic nitrogens is 2. The summed E-state index contributed by atoms with van der Waals surface area (Å²) in [6, 6.07) is 6.48. The van der Waals surface area contributed by atoms with Gasteiger partial charge in [0.1, 0.15) is 11.6 Å². The van der Waals surface area contributed by atoms with Crippen LogP contribution < -0.4 is 10.6 Å². The number of aliphatic hydroxyl groups excluding tert-OH is 1. The molecule has 3 rings (SSSR count). The molecule has 0 unspecified atom stereocenters. The predicted octanol–water partition coefficient (Wildman–Crippen LogP) is 3.97. The fraction of sp³-hybridized carbons (Fsp3) is 0.474. The van der Waals surface area contributed by atoms with Crippen LogP contribution in [0.2, 0.25) is 0 Å². The molecule has 0 saturated heterocycles. The van der Waals surface area contributed by atoms with Crippen LogP contribution in [0.3, 0.4) is 0 Å². The zero-order valence-corrected chi connectivity index (χ0v) is 14.9. The van der Waals surface area contributed by atoms with Gasteiger partial charge in [-0.1, -0.05) is 13.8 Å². The Kier molecular flexibility index (Phi) is 5.18. The lowest BCUT2D eigenvalue weighted by molar-refractivity contribution is 0.248. The number of hydrogen-bond donors (Lipinski definition) is 3. The van der Waals surface area contributed by atoms with Crippen molar-refractivity contribution in [3.05, 3.63) is 41.3 Å². The van der Waals surface area contributed by atoms with Crippen LogP contribution in [0.15, 0.2) is 24.3 Å². The zero-order chi connectivity index (χ0) is 18.0. The van der Waals surface area contributed by atoms with Gasteiger partial charge in [0, 0.05) is 17.7 Å². The quantitative estimate of drug-likeness (QED) is 0.709. The van der Waals surface area contributed by atoms with Gasteiger partial charge in [-0.3, -0.25) is 0 Å². The molecule has 2 aromatic rings. The first-order valence-corrected chi connectivity index (χ1v) is 8.76. The van der Waals surface area contributed by atoms with Crippen molar-refractivity contribution in [2.24, 2.45) is 5.92 Å². The molecule has 0 amide bonds. The SMILES string of the molecule is Cc1cc(F)ccc1Nc1cc(C2CC2)nc(N[C@H](CO)C(C)C)n1. The molecular formula is C19H25FN4O. The highest BCUT2D eigenvalue weighted by Crippen LogP contribution is 2.40. The summed E-state index contributed by atoms with van der Waals surface area (Å²) in [6.07, 6.45) is 2.28. The molecule has 1 heterocycles. The Hall–Kier alpha value is -2.21. The van der Waals surface area contributed by atoms with E-state index in [9.17, 15) is 9.50 Å². The Balaban J connectivity index is 1.87. The monoisotopic (exact) mass is 344 g/mol. The zero-order valence-electron chi connectivity index (χ0n) is 14.9. The Bertz CT molecular complexity index is 746. The van der Waals surface area contributed by atoms with E-state index in [1.54, 1.807) is 6.07 Å². The van der Waals surface area contributed by atoms with Crippen LogP contribution in [0.5, 0.6) is 0 Å². The van der Waals surface area contributed by atoms with Gasteiger partial charge in [-0.25, -0.2) is 9.37 Å². The summed E-state index contributed by atoms with van der Waals surface area (Å²) in [5.74, 6) is 1.67. The second-order valence-electron chi connectivity index (χ2n) is 7.04. The lowest BCUT2D eigenvalue weighted by Crippen LogP contribution is -2.30. The third-order valence-electron chi connectivity index (χ3n) is 4.51. The predicted molar refractivity (Wildman–Crippen MR) is 97.8 cm³/mol. The van der Waals surface area contributed by atoms with Crippen LogP contribution in [0.25, 0.3) is 0 Å². The standard InChI is InChI=1S/C19H25FN4O/c1-11(2)17(10-25)23-19-22-16(13-4-5-13)9-18(24-19)21-15-7-6-14(20)8-12(15)3/h6-9,11,13,17,25H,4-5,10H2,1-3H3,(H2,21,22,23,24)/t17-/m1/s1. The molecule has 1 aliphatic rings. The number of aliphatic hydroxyl groups is 1. The van der Waals surface area contributed by atoms with E-state index >= 15 is 0 Å². The highest BCUT2D eigenvalue weighted by molar-refractivity contribution is 5.61. The molecule has 5 nitrogen and oxygen atoms in total. The number of hydrogen-bond acceptors (Lipinski definition) is 5. The maximum absolute atomic E-state index is 13.3. The summed E-state index contributed by atoms with van der Waals surface area (Å²) in [5, 5.41) is 16.0. The Morgan fingerprint density at radius 3 is 2.60 bits per heavy atom. The Morgan fingerprint density at radius 2 is 2.00 bits per heavy atom. The summed E-state index contributed by atoms with van der Waals surface area (Å²) >= 11 is 0. The first-order chi connectivity index (χ1) is 12.0. The van der Waals surface area contributed by atoms with Gasteiger partial charge in [0.05, 0.1) is 18.3 Å². The van der Waals surface area contributed by atoms with Crippen LogP contribution in [0.1, 0.15) is 43.9 Å². The van der Waals surface area contributed by atoms with Crippen molar-refractivity contribution in [2.75, 3.05) is 17.2 Å². The molecule has 25 heavy (non-hydrogen) atoms. The molecule has 1 aromatic carbocycles. The summed E-state index contributed by atoms with van der Waals surface area (Å²) in [7, 11) is 0. The number of nitrogens with zero attached hydrogens (tertiary/aromatic N) is 2. The highest BCUT2D eigenvalue weighted by Gasteiger charge is 2.26. The third kappa shape index (κ3) is 4.45. The molecule has 1 aliphatic carbocycles. The highest BCUT2D eigenvalue weighted by atomic mass is 19.1. The van der Waals surface area contributed by atoms with Crippen molar-refractivity contribution >= 4 is 17.5 Å². The topological polar surface area (TPSA) is 70.1 Å². The number of rotatable bonds is 7. The van der Waals surface area contributed by atoms with Gasteiger partial charge in [0.2, 0.25) is 5.95 Å². The summed E-state index contributed by atoms with van der Waals surface area (Å²) < 4.78 is 13.3. The van der Waals surface area contributed by atoms with Crippen LogP contribution in [-0.4, -0.2) is 27.7 Å². The van der Waals surface area contributed by atoms with Crippen molar-refractivity contribution in [1.29, 1.82) is 0 Å². The van der Waals surface area contributed by atoms with Gasteiger partial charge in [-0.15, -0.1) is 0 Å². The average molecular weight is 344 g/mol. The second kappa shape index (κ2) is 7.35. The van der Waals surface area contributed by atoms with Crippen LogP contribution in [0, 0.1) is 18.7 Å². The maximum atomic E-state index is 13.3. The third-order valence-corrected chi connectivity index (χ3v) is 4.51. The normalized spacial score (nSPS) is 15.3. The number of nitrogens with one attached hydrogen (secondary N) is 2. The van der Waals surface area contributed by atoms with Gasteiger partial charge in [-0.05, 0) is 49.4 Å². The van der Waals surface area contributed by atoms with Gasteiger partial charge in [-0.2, -0.15) is 4.98 Å². The molecule has 1 atom stereocenters. The molecule has 3 N–H and O–H groups in total. The largest absolute Gasteiger partial charge is 0.394 e. The van der Waals surface area contributed by atoms with Crippen molar-refractivity contribution in [3.8, 4) is 0 Å². The second-order valence-corrected chi connectivity index (χ2v) is 7.04. The first-order valence-electron chi connectivity index (χ1n) is 8.76. The lowest BCUT2D eigenvalue weighted by atomic mass is 10.1. The van der Waals surface area contributed by atoms with E-state index in [4.69, 9.17) is 0 Å². The van der Waals surface area contributed by atoms with E-state index in [2.05, 4.69) is 20.6 Å². The maximum Gasteiger partial charge on any atom is 0.225 e. The number of aryl methyl sites for hydroxylation is 1. The van der Waals surface area contributed by atoms with Gasteiger partial charge in [0.25, 0.3) is 0 Å². The van der Waals surface area contributed by atoms with E-state index in [-0.39, 0.29) is 24.4 Å². The molecule has 0 spiro atoms. The van der Waals surface area contributed by atoms with E-state index in [1.807, 2.05) is 26.8 Å². The first kappa shape index (κ1) is 17.6. The fourth-order valence-corrected chi connectivity index (χ4v) is 2.68. The molecule has 1 fully saturated rings. The average Bonchev–Trinajstić information content (AvgIpc) is 3.40. The van der Waals surface area contributed by atoms with Crippen molar-refractivity contribution in [1.82, 2.24) is 9.97 Å².